The third-order valence-corrected chi connectivity index (χ3v) is 7.50. The molecular formula is C25H33N5O2. The summed E-state index contributed by atoms with van der Waals surface area (Å²) in [5, 5.41) is 7.01. The molecule has 0 saturated carbocycles. The van der Waals surface area contributed by atoms with E-state index in [-0.39, 0.29) is 0 Å². The highest BCUT2D eigenvalue weighted by molar-refractivity contribution is 5.73. The Kier molecular flexibility index (Phi) is 5.63. The Labute approximate surface area is 190 Å². The second kappa shape index (κ2) is 8.89. The van der Waals surface area contributed by atoms with E-state index in [1.54, 1.807) is 0 Å². The lowest BCUT2D eigenvalue weighted by Gasteiger charge is -2.42. The second-order valence-electron chi connectivity index (χ2n) is 9.40. The van der Waals surface area contributed by atoms with E-state index in [1.807, 2.05) is 6.20 Å². The van der Waals surface area contributed by atoms with Crippen LogP contribution in [0.1, 0.15) is 36.3 Å². The fourth-order valence-electron chi connectivity index (χ4n) is 5.45. The molecule has 6 rings (SSSR count). The van der Waals surface area contributed by atoms with Gasteiger partial charge in [-0.1, -0.05) is 6.07 Å². The van der Waals surface area contributed by atoms with Crippen LogP contribution in [0, 0.1) is 0 Å². The average molecular weight is 436 g/mol. The fourth-order valence-corrected chi connectivity index (χ4v) is 5.45. The number of ether oxygens (including phenoxy) is 2. The van der Waals surface area contributed by atoms with Crippen LogP contribution < -0.4 is 20.3 Å². The Morgan fingerprint density at radius 2 is 1.91 bits per heavy atom. The number of nitrogens with one attached hydrogen (secondary N) is 2. The second-order valence-corrected chi connectivity index (χ2v) is 9.40. The number of benzene rings is 1. The van der Waals surface area contributed by atoms with E-state index < -0.39 is 0 Å². The first-order valence-electron chi connectivity index (χ1n) is 12.1. The lowest BCUT2D eigenvalue weighted by Crippen LogP contribution is -2.58. The Morgan fingerprint density at radius 3 is 2.75 bits per heavy atom. The van der Waals surface area contributed by atoms with E-state index in [0.29, 0.717) is 12.5 Å². The van der Waals surface area contributed by atoms with E-state index in [1.165, 1.54) is 37.2 Å². The van der Waals surface area contributed by atoms with Crippen LogP contribution >= 0.6 is 0 Å². The smallest absolute Gasteiger partial charge is 0.143 e. The molecule has 170 valence electrons. The maximum absolute atomic E-state index is 6.28. The molecule has 0 amide bonds. The van der Waals surface area contributed by atoms with Crippen molar-refractivity contribution in [3.63, 3.8) is 0 Å². The largest absolute Gasteiger partial charge is 0.487 e. The van der Waals surface area contributed by atoms with Crippen LogP contribution in [0.25, 0.3) is 0 Å². The van der Waals surface area contributed by atoms with Crippen LogP contribution in [0.15, 0.2) is 30.5 Å². The van der Waals surface area contributed by atoms with Gasteiger partial charge in [-0.15, -0.1) is 0 Å². The molecule has 0 unspecified atom stereocenters. The molecule has 0 aliphatic carbocycles. The van der Waals surface area contributed by atoms with E-state index in [9.17, 15) is 0 Å². The highest BCUT2D eigenvalue weighted by Gasteiger charge is 2.29. The van der Waals surface area contributed by atoms with Gasteiger partial charge in [-0.2, -0.15) is 0 Å². The minimum absolute atomic E-state index is 0.531. The molecule has 2 aromatic rings. The molecule has 4 aliphatic rings. The van der Waals surface area contributed by atoms with Crippen molar-refractivity contribution in [3.05, 3.63) is 41.6 Å². The number of nitrogens with zero attached hydrogens (tertiary/aromatic N) is 3. The molecule has 7 nitrogen and oxygen atoms in total. The van der Waals surface area contributed by atoms with Gasteiger partial charge >= 0.3 is 0 Å². The van der Waals surface area contributed by atoms with Crippen molar-refractivity contribution in [2.24, 2.45) is 0 Å². The standard InChI is InChI=1S/C25H33N5O2/c1-8-30(11-13-31-12-1)23-4-7-27-25-21(23)17-32-24-3-2-19(14-22(24)28-25)18-5-9-29(10-6-18)20-15-26-16-20/h2-4,7,14,18,20,26H,1,5-6,8-13,15-17H2,(H,27,28). The number of pyridine rings is 1. The predicted octanol–water partition coefficient (Wildman–Crippen LogP) is 3.10. The summed E-state index contributed by atoms with van der Waals surface area (Å²) in [4.78, 5) is 9.75. The number of likely N-dealkylation sites (tertiary alicyclic amines) is 1. The fraction of sp³-hybridized carbons (Fsp3) is 0.560. The topological polar surface area (TPSA) is 61.9 Å². The Bertz CT molecular complexity index is 947. The van der Waals surface area contributed by atoms with Crippen LogP contribution in [-0.2, 0) is 11.3 Å². The first kappa shape index (κ1) is 20.3. The Hall–Kier alpha value is -2.35. The summed E-state index contributed by atoms with van der Waals surface area (Å²) in [5.41, 5.74) is 4.79. The summed E-state index contributed by atoms with van der Waals surface area (Å²) in [6.45, 7) is 8.76. The molecule has 3 fully saturated rings. The number of hydrogen-bond donors (Lipinski definition) is 2. The molecule has 0 atom stereocenters. The van der Waals surface area contributed by atoms with Gasteiger partial charge in [0.2, 0.25) is 0 Å². The van der Waals surface area contributed by atoms with Crippen LogP contribution in [0.2, 0.25) is 0 Å². The monoisotopic (exact) mass is 435 g/mol. The average Bonchev–Trinajstić information content (AvgIpc) is 3.17. The normalized spacial score (nSPS) is 22.6. The number of rotatable bonds is 3. The number of aromatic nitrogens is 1. The zero-order valence-electron chi connectivity index (χ0n) is 18.7. The lowest BCUT2D eigenvalue weighted by atomic mass is 9.88. The summed E-state index contributed by atoms with van der Waals surface area (Å²) in [6, 6.07) is 9.57. The van der Waals surface area contributed by atoms with Gasteiger partial charge in [0.1, 0.15) is 18.2 Å². The molecule has 7 heteroatoms. The van der Waals surface area contributed by atoms with Gasteiger partial charge in [0.25, 0.3) is 0 Å². The van der Waals surface area contributed by atoms with Gasteiger partial charge in [-0.3, -0.25) is 4.90 Å². The first-order valence-corrected chi connectivity index (χ1v) is 12.1. The van der Waals surface area contributed by atoms with Crippen molar-refractivity contribution in [3.8, 4) is 5.75 Å². The molecule has 1 aromatic carbocycles. The van der Waals surface area contributed by atoms with Crippen molar-refractivity contribution < 1.29 is 9.47 Å². The summed E-state index contributed by atoms with van der Waals surface area (Å²) in [7, 11) is 0. The SMILES string of the molecule is c1cc(N2CCCOCC2)c2c(n1)Nc1cc(C3CCN(C4CNC4)CC3)ccc1OC2. The number of anilines is 3. The number of hydrogen-bond acceptors (Lipinski definition) is 7. The van der Waals surface area contributed by atoms with E-state index >= 15 is 0 Å². The molecule has 1 aromatic heterocycles. The maximum atomic E-state index is 6.28. The van der Waals surface area contributed by atoms with E-state index in [2.05, 4.69) is 49.7 Å². The van der Waals surface area contributed by atoms with E-state index in [0.717, 1.165) is 74.7 Å². The van der Waals surface area contributed by atoms with Crippen molar-refractivity contribution in [1.82, 2.24) is 15.2 Å². The molecular weight excluding hydrogens is 402 g/mol. The molecule has 4 aliphatic heterocycles. The van der Waals surface area contributed by atoms with Crippen LogP contribution in [0.3, 0.4) is 0 Å². The number of piperidine rings is 1. The van der Waals surface area contributed by atoms with Crippen LogP contribution in [0.5, 0.6) is 5.75 Å². The van der Waals surface area contributed by atoms with Crippen molar-refractivity contribution in [2.45, 2.75) is 37.8 Å². The minimum atomic E-state index is 0.531. The molecule has 0 radical (unpaired) electrons. The lowest BCUT2D eigenvalue weighted by molar-refractivity contribution is 0.113. The van der Waals surface area contributed by atoms with Gasteiger partial charge in [0, 0.05) is 50.7 Å². The maximum Gasteiger partial charge on any atom is 0.143 e. The first-order chi connectivity index (χ1) is 15.8. The van der Waals surface area contributed by atoms with E-state index in [4.69, 9.17) is 9.47 Å². The molecule has 0 bridgehead atoms. The van der Waals surface area contributed by atoms with Crippen LogP contribution in [-0.4, -0.2) is 68.4 Å². The highest BCUT2D eigenvalue weighted by Crippen LogP contribution is 2.40. The van der Waals surface area contributed by atoms with Crippen molar-refractivity contribution in [2.75, 3.05) is 62.7 Å². The van der Waals surface area contributed by atoms with Gasteiger partial charge in [0.15, 0.2) is 0 Å². The van der Waals surface area contributed by atoms with Gasteiger partial charge in [-0.05, 0) is 62.0 Å². The number of fused-ring (bicyclic) bond motifs is 2. The Morgan fingerprint density at radius 1 is 1.00 bits per heavy atom. The van der Waals surface area contributed by atoms with Gasteiger partial charge < -0.3 is 25.0 Å². The zero-order valence-corrected chi connectivity index (χ0v) is 18.7. The predicted molar refractivity (Wildman–Crippen MR) is 126 cm³/mol. The zero-order chi connectivity index (χ0) is 21.3. The Balaban J connectivity index is 1.21. The van der Waals surface area contributed by atoms with Gasteiger partial charge in [-0.25, -0.2) is 4.98 Å². The quantitative estimate of drug-likeness (QED) is 0.768. The summed E-state index contributed by atoms with van der Waals surface area (Å²) in [5.74, 6) is 2.44. The molecule has 2 N–H and O–H groups in total. The summed E-state index contributed by atoms with van der Waals surface area (Å²) in [6.07, 6.45) is 5.41. The van der Waals surface area contributed by atoms with Crippen molar-refractivity contribution in [1.29, 1.82) is 0 Å². The summed E-state index contributed by atoms with van der Waals surface area (Å²) >= 11 is 0. The van der Waals surface area contributed by atoms with Crippen molar-refractivity contribution >= 4 is 17.2 Å². The third kappa shape index (κ3) is 3.93. The third-order valence-electron chi connectivity index (χ3n) is 7.50. The molecule has 0 spiro atoms. The van der Waals surface area contributed by atoms with Gasteiger partial charge in [0.05, 0.1) is 17.9 Å². The highest BCUT2D eigenvalue weighted by atomic mass is 16.5. The minimum Gasteiger partial charge on any atom is -0.487 e. The molecule has 32 heavy (non-hydrogen) atoms. The molecule has 3 saturated heterocycles. The molecule has 5 heterocycles. The summed E-state index contributed by atoms with van der Waals surface area (Å²) < 4.78 is 11.9. The van der Waals surface area contributed by atoms with Crippen LogP contribution in [0.4, 0.5) is 17.2 Å².